The molecule has 0 aliphatic carbocycles. The zero-order valence-corrected chi connectivity index (χ0v) is 6.69. The third-order valence-electron chi connectivity index (χ3n) is 1.70. The number of nitrogens with zero attached hydrogens (tertiary/aromatic N) is 1. The highest BCUT2D eigenvalue weighted by atomic mass is 32.2. The van der Waals surface area contributed by atoms with Gasteiger partial charge < -0.3 is 5.11 Å². The molecule has 9 heavy (non-hydrogen) atoms. The van der Waals surface area contributed by atoms with Crippen molar-refractivity contribution < 1.29 is 5.11 Å². The Morgan fingerprint density at radius 2 is 2.33 bits per heavy atom. The second kappa shape index (κ2) is 2.90. The molecule has 0 aromatic carbocycles. The van der Waals surface area contributed by atoms with Gasteiger partial charge in [0.15, 0.2) is 0 Å². The average molecular weight is 147 g/mol. The van der Waals surface area contributed by atoms with Gasteiger partial charge >= 0.3 is 0 Å². The van der Waals surface area contributed by atoms with Crippen LogP contribution >= 0.6 is 11.8 Å². The maximum atomic E-state index is 9.35. The number of aliphatic hydroxyl groups excluding tert-OH is 1. The van der Waals surface area contributed by atoms with Gasteiger partial charge in [-0.3, -0.25) is 4.90 Å². The first kappa shape index (κ1) is 7.38. The fourth-order valence-corrected chi connectivity index (χ4v) is 2.10. The van der Waals surface area contributed by atoms with Gasteiger partial charge in [0.05, 0.1) is 0 Å². The van der Waals surface area contributed by atoms with Crippen molar-refractivity contribution in [2.24, 2.45) is 0 Å². The molecule has 0 amide bonds. The van der Waals surface area contributed by atoms with E-state index in [9.17, 15) is 5.11 Å². The normalized spacial score (nSPS) is 39.0. The van der Waals surface area contributed by atoms with Gasteiger partial charge in [0.25, 0.3) is 0 Å². The highest BCUT2D eigenvalue weighted by Crippen LogP contribution is 2.20. The van der Waals surface area contributed by atoms with Crippen LogP contribution in [0.15, 0.2) is 0 Å². The van der Waals surface area contributed by atoms with Crippen molar-refractivity contribution in [1.29, 1.82) is 0 Å². The van der Waals surface area contributed by atoms with Gasteiger partial charge in [-0.2, -0.15) is 11.8 Å². The van der Waals surface area contributed by atoms with Gasteiger partial charge in [0, 0.05) is 17.5 Å². The molecule has 0 aromatic rings. The lowest BCUT2D eigenvalue weighted by Gasteiger charge is -2.32. The molecule has 0 bridgehead atoms. The van der Waals surface area contributed by atoms with Crippen LogP contribution in [0.5, 0.6) is 0 Å². The van der Waals surface area contributed by atoms with Crippen LogP contribution in [0.1, 0.15) is 6.92 Å². The molecule has 1 N–H and O–H groups in total. The molecule has 1 rings (SSSR count). The summed E-state index contributed by atoms with van der Waals surface area (Å²) < 4.78 is 0. The van der Waals surface area contributed by atoms with E-state index >= 15 is 0 Å². The van der Waals surface area contributed by atoms with Crippen LogP contribution in [0.2, 0.25) is 0 Å². The number of aliphatic hydroxyl groups is 1. The Bertz CT molecular complexity index is 89.1. The number of thioether (sulfide) groups is 1. The Balaban J connectivity index is 2.41. The molecule has 2 nitrogen and oxygen atoms in total. The fourth-order valence-electron chi connectivity index (χ4n) is 0.959. The molecule has 1 aliphatic heterocycles. The Morgan fingerprint density at radius 3 is 2.78 bits per heavy atom. The Morgan fingerprint density at radius 1 is 1.67 bits per heavy atom. The summed E-state index contributed by atoms with van der Waals surface area (Å²) in [5, 5.41) is 9.73. The summed E-state index contributed by atoms with van der Waals surface area (Å²) in [6.07, 6.45) is -0.233. The summed E-state index contributed by atoms with van der Waals surface area (Å²) in [7, 11) is 1.96. The van der Waals surface area contributed by atoms with Crippen molar-refractivity contribution in [1.82, 2.24) is 4.90 Å². The summed E-state index contributed by atoms with van der Waals surface area (Å²) in [4.78, 5) is 1.99. The first-order valence-electron chi connectivity index (χ1n) is 3.21. The highest BCUT2D eigenvalue weighted by Gasteiger charge is 2.23. The van der Waals surface area contributed by atoms with Crippen LogP contribution in [0, 0.1) is 0 Å². The summed E-state index contributed by atoms with van der Waals surface area (Å²) in [5.74, 6) is 1.15. The van der Waals surface area contributed by atoms with E-state index in [0.29, 0.717) is 5.25 Å². The maximum absolute atomic E-state index is 9.35. The Hall–Kier alpha value is 0.270. The van der Waals surface area contributed by atoms with Gasteiger partial charge in [-0.15, -0.1) is 0 Å². The van der Waals surface area contributed by atoms with Crippen LogP contribution in [0.4, 0.5) is 0 Å². The molecule has 2 atom stereocenters. The Kier molecular flexibility index (Phi) is 2.38. The van der Waals surface area contributed by atoms with Crippen molar-refractivity contribution in [2.75, 3.05) is 19.3 Å². The van der Waals surface area contributed by atoms with Crippen LogP contribution in [-0.2, 0) is 0 Å². The lowest BCUT2D eigenvalue weighted by atomic mass is 10.3. The Labute approximate surface area is 60.2 Å². The van der Waals surface area contributed by atoms with Crippen molar-refractivity contribution in [3.63, 3.8) is 0 Å². The van der Waals surface area contributed by atoms with Crippen LogP contribution in [0.25, 0.3) is 0 Å². The average Bonchev–Trinajstić information content (AvgIpc) is 1.83. The lowest BCUT2D eigenvalue weighted by molar-refractivity contribution is 0.0240. The van der Waals surface area contributed by atoms with E-state index < -0.39 is 0 Å². The number of hydrogen-bond donors (Lipinski definition) is 1. The van der Waals surface area contributed by atoms with Gasteiger partial charge in [0.1, 0.15) is 6.23 Å². The molecule has 0 spiro atoms. The molecule has 54 valence electrons. The minimum atomic E-state index is -0.233. The van der Waals surface area contributed by atoms with E-state index in [4.69, 9.17) is 0 Å². The third kappa shape index (κ3) is 1.60. The molecule has 1 heterocycles. The fraction of sp³-hybridized carbons (Fsp3) is 1.00. The van der Waals surface area contributed by atoms with Crippen LogP contribution in [-0.4, -0.2) is 40.8 Å². The zero-order valence-electron chi connectivity index (χ0n) is 5.87. The molecule has 2 unspecified atom stereocenters. The summed E-state index contributed by atoms with van der Waals surface area (Å²) in [6, 6.07) is 0. The molecular weight excluding hydrogens is 134 g/mol. The monoisotopic (exact) mass is 147 g/mol. The van der Waals surface area contributed by atoms with Crippen LogP contribution < -0.4 is 0 Å². The molecule has 1 aliphatic rings. The molecule has 3 heteroatoms. The van der Waals surface area contributed by atoms with Gasteiger partial charge in [-0.1, -0.05) is 0 Å². The minimum absolute atomic E-state index is 0.233. The van der Waals surface area contributed by atoms with Crippen molar-refractivity contribution in [3.05, 3.63) is 0 Å². The topological polar surface area (TPSA) is 23.5 Å². The second-order valence-corrected chi connectivity index (χ2v) is 3.96. The lowest BCUT2D eigenvalue weighted by Crippen LogP contribution is -2.43. The first-order chi connectivity index (χ1) is 4.22. The number of rotatable bonds is 0. The van der Waals surface area contributed by atoms with E-state index in [2.05, 4.69) is 6.92 Å². The summed E-state index contributed by atoms with van der Waals surface area (Å²) >= 11 is 1.84. The van der Waals surface area contributed by atoms with E-state index in [0.717, 1.165) is 12.3 Å². The second-order valence-electron chi connectivity index (χ2n) is 2.47. The van der Waals surface area contributed by atoms with E-state index in [1.165, 1.54) is 0 Å². The quantitative estimate of drug-likeness (QED) is 0.535. The SMILES string of the molecule is CC1SCCN(C)C1O. The smallest absolute Gasteiger partial charge is 0.118 e. The molecule has 0 aromatic heterocycles. The highest BCUT2D eigenvalue weighted by molar-refractivity contribution is 8.00. The zero-order chi connectivity index (χ0) is 6.85. The molecular formula is C6H13NOS. The predicted octanol–water partition coefficient (Wildman–Crippen LogP) is 0.372. The van der Waals surface area contributed by atoms with Crippen molar-refractivity contribution >= 4 is 11.8 Å². The van der Waals surface area contributed by atoms with Gasteiger partial charge in [0.2, 0.25) is 0 Å². The number of hydrogen-bond acceptors (Lipinski definition) is 3. The molecule has 0 saturated carbocycles. The third-order valence-corrected chi connectivity index (χ3v) is 2.88. The predicted molar refractivity (Wildman–Crippen MR) is 40.6 cm³/mol. The summed E-state index contributed by atoms with van der Waals surface area (Å²) in [6.45, 7) is 3.07. The standard InChI is InChI=1S/C6H13NOS/c1-5-6(8)7(2)3-4-9-5/h5-6,8H,3-4H2,1-2H3. The van der Waals surface area contributed by atoms with E-state index in [-0.39, 0.29) is 6.23 Å². The van der Waals surface area contributed by atoms with E-state index in [1.54, 1.807) is 0 Å². The maximum Gasteiger partial charge on any atom is 0.118 e. The molecule has 1 saturated heterocycles. The van der Waals surface area contributed by atoms with Gasteiger partial charge in [-0.25, -0.2) is 0 Å². The van der Waals surface area contributed by atoms with Gasteiger partial charge in [-0.05, 0) is 14.0 Å². The summed E-state index contributed by atoms with van der Waals surface area (Å²) in [5.41, 5.74) is 0. The molecule has 1 fully saturated rings. The minimum Gasteiger partial charge on any atom is -0.377 e. The van der Waals surface area contributed by atoms with E-state index in [1.807, 2.05) is 23.7 Å². The molecule has 0 radical (unpaired) electrons. The van der Waals surface area contributed by atoms with Crippen LogP contribution in [0.3, 0.4) is 0 Å². The van der Waals surface area contributed by atoms with Crippen molar-refractivity contribution in [2.45, 2.75) is 18.4 Å². The first-order valence-corrected chi connectivity index (χ1v) is 4.26. The largest absolute Gasteiger partial charge is 0.377 e. The van der Waals surface area contributed by atoms with Crippen molar-refractivity contribution in [3.8, 4) is 0 Å².